The van der Waals surface area contributed by atoms with Gasteiger partial charge in [-0.1, -0.05) is 30.3 Å². The van der Waals surface area contributed by atoms with Crippen molar-refractivity contribution in [3.8, 4) is 28.5 Å². The molecule has 0 N–H and O–H groups in total. The van der Waals surface area contributed by atoms with Gasteiger partial charge in [-0.15, -0.1) is 11.3 Å². The van der Waals surface area contributed by atoms with E-state index in [0.29, 0.717) is 54.3 Å². The van der Waals surface area contributed by atoms with Gasteiger partial charge in [-0.05, 0) is 39.8 Å². The average molecular weight is 441 g/mol. The summed E-state index contributed by atoms with van der Waals surface area (Å²) in [7, 11) is 0. The van der Waals surface area contributed by atoms with Crippen LogP contribution in [0.25, 0.3) is 11.3 Å². The molecule has 2 aromatic carbocycles. The van der Waals surface area contributed by atoms with Crippen LogP contribution in [-0.4, -0.2) is 37.3 Å². The van der Waals surface area contributed by atoms with Crippen molar-refractivity contribution < 1.29 is 19.0 Å². The fourth-order valence-corrected chi connectivity index (χ4v) is 4.06. The Hall–Kier alpha value is -3.06. The van der Waals surface area contributed by atoms with Gasteiger partial charge in [0.1, 0.15) is 0 Å². The molecule has 0 aliphatic carbocycles. The number of aromatic nitrogens is 1. The first kappa shape index (κ1) is 22.6. The van der Waals surface area contributed by atoms with Crippen molar-refractivity contribution in [3.63, 3.8) is 0 Å². The zero-order valence-corrected chi connectivity index (χ0v) is 19.2. The zero-order chi connectivity index (χ0) is 22.2. The first-order valence-corrected chi connectivity index (χ1v) is 11.4. The number of carbonyl (C=O) groups excluding carboxylic acids is 1. The Labute approximate surface area is 187 Å². The van der Waals surface area contributed by atoms with E-state index < -0.39 is 0 Å². The Morgan fingerprint density at radius 2 is 1.55 bits per heavy atom. The van der Waals surface area contributed by atoms with Gasteiger partial charge in [0.05, 0.1) is 25.5 Å². The van der Waals surface area contributed by atoms with Gasteiger partial charge in [-0.3, -0.25) is 9.69 Å². The molecule has 1 amide bonds. The standard InChI is InChI=1S/C24H28N2O4S/c1-5-26(24-25-19(16-31-24)17-12-10-9-11-13-17)23(27)18-14-20(28-6-2)22(30-8-4)21(15-18)29-7-3/h9-16H,5-8H2,1-4H3. The molecule has 164 valence electrons. The maximum Gasteiger partial charge on any atom is 0.260 e. The lowest BCUT2D eigenvalue weighted by Crippen LogP contribution is -2.30. The predicted molar refractivity (Wildman–Crippen MR) is 125 cm³/mol. The van der Waals surface area contributed by atoms with Crippen molar-refractivity contribution in [2.24, 2.45) is 0 Å². The molecule has 31 heavy (non-hydrogen) atoms. The lowest BCUT2D eigenvalue weighted by Gasteiger charge is -2.21. The number of anilines is 1. The van der Waals surface area contributed by atoms with Crippen LogP contribution < -0.4 is 19.1 Å². The smallest absolute Gasteiger partial charge is 0.260 e. The minimum absolute atomic E-state index is 0.165. The summed E-state index contributed by atoms with van der Waals surface area (Å²) in [6.45, 7) is 9.48. The van der Waals surface area contributed by atoms with Crippen LogP contribution in [0.5, 0.6) is 17.2 Å². The minimum Gasteiger partial charge on any atom is -0.490 e. The van der Waals surface area contributed by atoms with Crippen LogP contribution in [0, 0.1) is 0 Å². The van der Waals surface area contributed by atoms with Crippen LogP contribution in [0.4, 0.5) is 5.13 Å². The van der Waals surface area contributed by atoms with E-state index >= 15 is 0 Å². The third-order valence-electron chi connectivity index (χ3n) is 4.51. The molecule has 6 nitrogen and oxygen atoms in total. The molecule has 7 heteroatoms. The number of thiazole rings is 1. The minimum atomic E-state index is -0.165. The number of amides is 1. The highest BCUT2D eigenvalue weighted by molar-refractivity contribution is 7.14. The predicted octanol–water partition coefficient (Wildman–Crippen LogP) is 5.67. The summed E-state index contributed by atoms with van der Waals surface area (Å²) in [5.41, 5.74) is 2.34. The van der Waals surface area contributed by atoms with Crippen molar-refractivity contribution in [1.82, 2.24) is 4.98 Å². The largest absolute Gasteiger partial charge is 0.490 e. The third kappa shape index (κ3) is 5.17. The van der Waals surface area contributed by atoms with Gasteiger partial charge in [-0.25, -0.2) is 4.98 Å². The van der Waals surface area contributed by atoms with Gasteiger partial charge in [0.25, 0.3) is 5.91 Å². The van der Waals surface area contributed by atoms with Crippen LogP contribution in [0.2, 0.25) is 0 Å². The highest BCUT2D eigenvalue weighted by Gasteiger charge is 2.24. The Balaban J connectivity index is 1.97. The monoisotopic (exact) mass is 440 g/mol. The first-order chi connectivity index (χ1) is 15.1. The zero-order valence-electron chi connectivity index (χ0n) is 18.4. The highest BCUT2D eigenvalue weighted by Crippen LogP contribution is 2.40. The molecule has 0 unspecified atom stereocenters. The van der Waals surface area contributed by atoms with Crippen LogP contribution in [0.3, 0.4) is 0 Å². The normalized spacial score (nSPS) is 10.6. The Kier molecular flexibility index (Phi) is 7.89. The van der Waals surface area contributed by atoms with Crippen molar-refractivity contribution in [3.05, 3.63) is 53.4 Å². The topological polar surface area (TPSA) is 60.9 Å². The van der Waals surface area contributed by atoms with Gasteiger partial charge < -0.3 is 14.2 Å². The molecule has 0 saturated carbocycles. The fraction of sp³-hybridized carbons (Fsp3) is 0.333. The van der Waals surface area contributed by atoms with E-state index in [0.717, 1.165) is 11.3 Å². The van der Waals surface area contributed by atoms with Gasteiger partial charge in [0.2, 0.25) is 5.75 Å². The maximum atomic E-state index is 13.4. The van der Waals surface area contributed by atoms with Crippen LogP contribution in [0.1, 0.15) is 38.1 Å². The highest BCUT2D eigenvalue weighted by atomic mass is 32.1. The van der Waals surface area contributed by atoms with Crippen LogP contribution >= 0.6 is 11.3 Å². The lowest BCUT2D eigenvalue weighted by molar-refractivity contribution is 0.0987. The second kappa shape index (κ2) is 10.8. The Bertz CT molecular complexity index is 977. The summed E-state index contributed by atoms with van der Waals surface area (Å²) in [4.78, 5) is 19.8. The summed E-state index contributed by atoms with van der Waals surface area (Å²) < 4.78 is 17.3. The summed E-state index contributed by atoms with van der Waals surface area (Å²) >= 11 is 1.45. The molecule has 0 radical (unpaired) electrons. The van der Waals surface area contributed by atoms with Gasteiger partial charge in [0.15, 0.2) is 16.6 Å². The summed E-state index contributed by atoms with van der Waals surface area (Å²) in [6.07, 6.45) is 0. The molecule has 1 aromatic heterocycles. The van der Waals surface area contributed by atoms with E-state index in [9.17, 15) is 4.79 Å². The number of hydrogen-bond donors (Lipinski definition) is 0. The fourth-order valence-electron chi connectivity index (χ4n) is 3.16. The van der Waals surface area contributed by atoms with Crippen LogP contribution in [-0.2, 0) is 0 Å². The summed E-state index contributed by atoms with van der Waals surface area (Å²) in [5.74, 6) is 1.35. The number of hydrogen-bond acceptors (Lipinski definition) is 6. The average Bonchev–Trinajstić information content (AvgIpc) is 3.27. The van der Waals surface area contributed by atoms with E-state index in [-0.39, 0.29) is 5.91 Å². The molecule has 0 aliphatic heterocycles. The van der Waals surface area contributed by atoms with Gasteiger partial charge >= 0.3 is 0 Å². The number of benzene rings is 2. The quantitative estimate of drug-likeness (QED) is 0.406. The van der Waals surface area contributed by atoms with Crippen molar-refractivity contribution in [2.45, 2.75) is 27.7 Å². The van der Waals surface area contributed by atoms with E-state index in [1.807, 2.05) is 63.4 Å². The number of rotatable bonds is 10. The molecule has 0 bridgehead atoms. The summed E-state index contributed by atoms with van der Waals surface area (Å²) in [5, 5.41) is 2.62. The summed E-state index contributed by atoms with van der Waals surface area (Å²) in [6, 6.07) is 13.4. The van der Waals surface area contributed by atoms with E-state index in [1.54, 1.807) is 17.0 Å². The van der Waals surface area contributed by atoms with Crippen LogP contribution in [0.15, 0.2) is 47.8 Å². The van der Waals surface area contributed by atoms with E-state index in [1.165, 1.54) is 11.3 Å². The molecule has 0 aliphatic rings. The van der Waals surface area contributed by atoms with Crippen molar-refractivity contribution in [2.75, 3.05) is 31.3 Å². The van der Waals surface area contributed by atoms with Crippen molar-refractivity contribution in [1.29, 1.82) is 0 Å². The second-order valence-corrected chi connectivity index (χ2v) is 7.37. The lowest BCUT2D eigenvalue weighted by atomic mass is 10.1. The maximum absolute atomic E-state index is 13.4. The molecule has 3 aromatic rings. The first-order valence-electron chi connectivity index (χ1n) is 10.5. The van der Waals surface area contributed by atoms with Crippen molar-refractivity contribution >= 4 is 22.4 Å². The number of ether oxygens (including phenoxy) is 3. The Morgan fingerprint density at radius 1 is 0.935 bits per heavy atom. The molecule has 0 atom stereocenters. The molecule has 1 heterocycles. The SMILES string of the molecule is CCOc1cc(C(=O)N(CC)c2nc(-c3ccccc3)cs2)cc(OCC)c1OCC. The van der Waals surface area contributed by atoms with E-state index in [2.05, 4.69) is 0 Å². The molecule has 0 fully saturated rings. The van der Waals surface area contributed by atoms with Gasteiger partial charge in [-0.2, -0.15) is 0 Å². The number of carbonyl (C=O) groups is 1. The van der Waals surface area contributed by atoms with Gasteiger partial charge in [0, 0.05) is 23.1 Å². The third-order valence-corrected chi connectivity index (χ3v) is 5.37. The molecular formula is C24H28N2O4S. The molecule has 3 rings (SSSR count). The second-order valence-electron chi connectivity index (χ2n) is 6.53. The molecule has 0 spiro atoms. The molecule has 0 saturated heterocycles. The number of nitrogens with zero attached hydrogens (tertiary/aromatic N) is 2. The van der Waals surface area contributed by atoms with E-state index in [4.69, 9.17) is 19.2 Å². The Morgan fingerprint density at radius 3 is 2.10 bits per heavy atom. The molecular weight excluding hydrogens is 412 g/mol.